The fraction of sp³-hybridized carbons (Fsp3) is 0.214. The fourth-order valence-electron chi connectivity index (χ4n) is 1.99. The van der Waals surface area contributed by atoms with Gasteiger partial charge in [-0.05, 0) is 31.5 Å². The van der Waals surface area contributed by atoms with Gasteiger partial charge in [-0.2, -0.15) is 0 Å². The van der Waals surface area contributed by atoms with Crippen LogP contribution in [0.3, 0.4) is 0 Å². The van der Waals surface area contributed by atoms with Crippen molar-refractivity contribution < 1.29 is 4.79 Å². The molecule has 1 heterocycles. The van der Waals surface area contributed by atoms with Crippen LogP contribution in [0, 0.1) is 13.8 Å². The predicted octanol–water partition coefficient (Wildman–Crippen LogP) is 3.73. The van der Waals surface area contributed by atoms with E-state index in [9.17, 15) is 4.79 Å². The van der Waals surface area contributed by atoms with E-state index < -0.39 is 0 Å². The minimum atomic E-state index is 0.773. The minimum Gasteiger partial charge on any atom is -0.344 e. The van der Waals surface area contributed by atoms with Gasteiger partial charge < -0.3 is 4.57 Å². The molecule has 0 aliphatic heterocycles. The molecule has 2 aromatic rings. The van der Waals surface area contributed by atoms with E-state index in [1.54, 1.807) is 0 Å². The molecule has 1 aromatic carbocycles. The first kappa shape index (κ1) is 12.1. The summed E-state index contributed by atoms with van der Waals surface area (Å²) in [5.74, 6) is 0. The van der Waals surface area contributed by atoms with Crippen molar-refractivity contribution in [2.24, 2.45) is 0 Å². The lowest BCUT2D eigenvalue weighted by Crippen LogP contribution is -2.04. The second-order valence-electron chi connectivity index (χ2n) is 4.12. The number of carbonyl (C=O) groups excluding carboxylic acids is 1. The number of aldehydes is 1. The zero-order chi connectivity index (χ0) is 12.4. The van der Waals surface area contributed by atoms with Crippen LogP contribution in [0.5, 0.6) is 0 Å². The topological polar surface area (TPSA) is 22.0 Å². The van der Waals surface area contributed by atoms with Crippen molar-refractivity contribution in [1.29, 1.82) is 0 Å². The number of rotatable bonds is 3. The number of hydrogen-bond acceptors (Lipinski definition) is 1. The largest absolute Gasteiger partial charge is 0.344 e. The van der Waals surface area contributed by atoms with Gasteiger partial charge in [0.25, 0.3) is 0 Å². The predicted molar refractivity (Wildman–Crippen MR) is 72.5 cm³/mol. The average molecular weight is 292 g/mol. The van der Waals surface area contributed by atoms with E-state index >= 15 is 0 Å². The van der Waals surface area contributed by atoms with Crippen LogP contribution in [0.4, 0.5) is 0 Å². The van der Waals surface area contributed by atoms with Crippen LogP contribution in [-0.4, -0.2) is 10.9 Å². The first-order valence-electron chi connectivity index (χ1n) is 5.49. The van der Waals surface area contributed by atoms with Gasteiger partial charge in [-0.25, -0.2) is 0 Å². The van der Waals surface area contributed by atoms with Crippen molar-refractivity contribution in [2.45, 2.75) is 20.4 Å². The Balaban J connectivity index is 2.40. The second kappa shape index (κ2) is 4.88. The summed E-state index contributed by atoms with van der Waals surface area (Å²) < 4.78 is 3.25. The van der Waals surface area contributed by atoms with E-state index in [2.05, 4.69) is 26.6 Å². The molecule has 0 fully saturated rings. The van der Waals surface area contributed by atoms with E-state index in [1.807, 2.05) is 38.1 Å². The van der Waals surface area contributed by atoms with Gasteiger partial charge in [0.05, 0.1) is 0 Å². The number of halogens is 1. The summed E-state index contributed by atoms with van der Waals surface area (Å²) in [5, 5.41) is 0. The van der Waals surface area contributed by atoms with Crippen molar-refractivity contribution in [2.75, 3.05) is 0 Å². The quantitative estimate of drug-likeness (QED) is 0.790. The molecule has 0 spiro atoms. The van der Waals surface area contributed by atoms with Gasteiger partial charge in [-0.15, -0.1) is 0 Å². The summed E-state index contributed by atoms with van der Waals surface area (Å²) in [5.41, 5.74) is 4.12. The molecule has 0 aliphatic rings. The van der Waals surface area contributed by atoms with Crippen LogP contribution in [0.15, 0.2) is 34.8 Å². The van der Waals surface area contributed by atoms with Gasteiger partial charge in [-0.3, -0.25) is 4.79 Å². The molecule has 0 unspecified atom stereocenters. The molecule has 1 aromatic heterocycles. The zero-order valence-electron chi connectivity index (χ0n) is 9.90. The Hall–Kier alpha value is -1.35. The summed E-state index contributed by atoms with van der Waals surface area (Å²) in [6, 6.07) is 10.1. The highest BCUT2D eigenvalue weighted by molar-refractivity contribution is 9.10. The normalized spacial score (nSPS) is 10.5. The van der Waals surface area contributed by atoms with Crippen LogP contribution in [-0.2, 0) is 6.54 Å². The van der Waals surface area contributed by atoms with Crippen molar-refractivity contribution in [3.63, 3.8) is 0 Å². The summed E-state index contributed by atoms with van der Waals surface area (Å²) in [4.78, 5) is 10.9. The third kappa shape index (κ3) is 2.34. The van der Waals surface area contributed by atoms with Crippen LogP contribution in [0.25, 0.3) is 0 Å². The van der Waals surface area contributed by atoms with Gasteiger partial charge in [0, 0.05) is 28.0 Å². The molecule has 88 valence electrons. The minimum absolute atomic E-state index is 0.773. The molecule has 3 heteroatoms. The highest BCUT2D eigenvalue weighted by atomic mass is 79.9. The Morgan fingerprint density at radius 3 is 2.59 bits per heavy atom. The van der Waals surface area contributed by atoms with Crippen molar-refractivity contribution in [3.05, 3.63) is 57.3 Å². The summed E-state index contributed by atoms with van der Waals surface area (Å²) in [7, 11) is 0. The zero-order valence-corrected chi connectivity index (χ0v) is 11.5. The number of aromatic nitrogens is 1. The standard InChI is InChI=1S/C14H14BrNO/c1-10-7-13(9-17)11(2)16(10)8-12-5-3-4-6-14(12)15/h3-7,9H,8H2,1-2H3. The number of aryl methyl sites for hydroxylation is 1. The highest BCUT2D eigenvalue weighted by Crippen LogP contribution is 2.20. The maximum Gasteiger partial charge on any atom is 0.151 e. The molecular weight excluding hydrogens is 278 g/mol. The molecule has 0 saturated carbocycles. The Morgan fingerprint density at radius 1 is 1.29 bits per heavy atom. The highest BCUT2D eigenvalue weighted by Gasteiger charge is 2.09. The van der Waals surface area contributed by atoms with Crippen molar-refractivity contribution in [3.8, 4) is 0 Å². The smallest absolute Gasteiger partial charge is 0.151 e. The van der Waals surface area contributed by atoms with Gasteiger partial charge in [0.2, 0.25) is 0 Å². The molecule has 0 aliphatic carbocycles. The summed E-state index contributed by atoms with van der Waals surface area (Å²) >= 11 is 3.54. The average Bonchev–Trinajstić information content (AvgIpc) is 2.59. The van der Waals surface area contributed by atoms with Gasteiger partial charge >= 0.3 is 0 Å². The number of benzene rings is 1. The fourth-order valence-corrected chi connectivity index (χ4v) is 2.40. The Kier molecular flexibility index (Phi) is 3.48. The molecule has 17 heavy (non-hydrogen) atoms. The van der Waals surface area contributed by atoms with Crippen LogP contribution in [0.2, 0.25) is 0 Å². The first-order chi connectivity index (χ1) is 8.13. The molecule has 0 bridgehead atoms. The lowest BCUT2D eigenvalue weighted by atomic mass is 10.2. The summed E-state index contributed by atoms with van der Waals surface area (Å²) in [6.45, 7) is 4.79. The molecule has 0 saturated heterocycles. The molecule has 0 amide bonds. The van der Waals surface area contributed by atoms with Crippen molar-refractivity contribution in [1.82, 2.24) is 4.57 Å². The van der Waals surface area contributed by atoms with Gasteiger partial charge in [0.15, 0.2) is 6.29 Å². The number of nitrogens with zero attached hydrogens (tertiary/aromatic N) is 1. The molecule has 0 radical (unpaired) electrons. The lowest BCUT2D eigenvalue weighted by Gasteiger charge is -2.10. The van der Waals surface area contributed by atoms with Crippen LogP contribution in [0.1, 0.15) is 27.3 Å². The van der Waals surface area contributed by atoms with Crippen molar-refractivity contribution >= 4 is 22.2 Å². The van der Waals surface area contributed by atoms with E-state index in [4.69, 9.17) is 0 Å². The number of hydrogen-bond donors (Lipinski definition) is 0. The molecule has 0 atom stereocenters. The van der Waals surface area contributed by atoms with Crippen LogP contribution >= 0.6 is 15.9 Å². The van der Waals surface area contributed by atoms with E-state index in [0.29, 0.717) is 0 Å². The molecule has 0 N–H and O–H groups in total. The maximum atomic E-state index is 10.9. The van der Waals surface area contributed by atoms with E-state index in [-0.39, 0.29) is 0 Å². The van der Waals surface area contributed by atoms with E-state index in [0.717, 1.165) is 34.3 Å². The molecular formula is C14H14BrNO. The third-order valence-corrected chi connectivity index (χ3v) is 3.80. The molecule has 2 nitrogen and oxygen atoms in total. The Morgan fingerprint density at radius 2 is 2.00 bits per heavy atom. The Labute approximate surface area is 109 Å². The first-order valence-corrected chi connectivity index (χ1v) is 6.28. The SMILES string of the molecule is Cc1cc(C=O)c(C)n1Cc1ccccc1Br. The maximum absolute atomic E-state index is 10.9. The molecule has 2 rings (SSSR count). The lowest BCUT2D eigenvalue weighted by molar-refractivity contribution is 0.112. The second-order valence-corrected chi connectivity index (χ2v) is 4.98. The number of carbonyl (C=O) groups is 1. The monoisotopic (exact) mass is 291 g/mol. The van der Waals surface area contributed by atoms with Gasteiger partial charge in [-0.1, -0.05) is 34.1 Å². The van der Waals surface area contributed by atoms with Gasteiger partial charge in [0.1, 0.15) is 0 Å². The van der Waals surface area contributed by atoms with E-state index in [1.165, 1.54) is 5.56 Å². The third-order valence-electron chi connectivity index (χ3n) is 3.03. The summed E-state index contributed by atoms with van der Waals surface area (Å²) in [6.07, 6.45) is 0.916. The van der Waals surface area contributed by atoms with Crippen LogP contribution < -0.4 is 0 Å². The Bertz CT molecular complexity index is 557.